The Balaban J connectivity index is 2.51. The summed E-state index contributed by atoms with van der Waals surface area (Å²) in [5.41, 5.74) is 0.0438. The molecule has 3 heteroatoms. The van der Waals surface area contributed by atoms with Crippen LogP contribution in [-0.2, 0) is 9.47 Å². The van der Waals surface area contributed by atoms with Crippen LogP contribution in [0.2, 0.25) is 0 Å². The van der Waals surface area contributed by atoms with Crippen LogP contribution in [0.3, 0.4) is 0 Å². The van der Waals surface area contributed by atoms with Gasteiger partial charge in [-0.2, -0.15) is 0 Å². The lowest BCUT2D eigenvalue weighted by atomic mass is 9.93. The van der Waals surface area contributed by atoms with Gasteiger partial charge in [0.1, 0.15) is 0 Å². The van der Waals surface area contributed by atoms with E-state index in [0.29, 0.717) is 6.61 Å². The minimum atomic E-state index is 0.0438. The molecule has 0 bridgehead atoms. The van der Waals surface area contributed by atoms with E-state index < -0.39 is 0 Å². The molecule has 0 heterocycles. The maximum Gasteiger partial charge on any atom is 0.0811 e. The monoisotopic (exact) mass is 271 g/mol. The summed E-state index contributed by atoms with van der Waals surface area (Å²) >= 11 is 0. The molecule has 0 spiro atoms. The van der Waals surface area contributed by atoms with Crippen molar-refractivity contribution in [2.45, 2.75) is 77.4 Å². The Labute approximate surface area is 119 Å². The number of hydrogen-bond donors (Lipinski definition) is 1. The molecule has 0 amide bonds. The van der Waals surface area contributed by atoms with Gasteiger partial charge in [0, 0.05) is 13.2 Å². The van der Waals surface area contributed by atoms with Gasteiger partial charge in [0.15, 0.2) is 0 Å². The van der Waals surface area contributed by atoms with Crippen molar-refractivity contribution in [1.29, 1.82) is 0 Å². The molecular weight excluding hydrogens is 238 g/mol. The molecule has 1 fully saturated rings. The molecule has 1 atom stereocenters. The maximum absolute atomic E-state index is 6.42. The highest BCUT2D eigenvalue weighted by Gasteiger charge is 2.33. The second kappa shape index (κ2) is 9.73. The van der Waals surface area contributed by atoms with Gasteiger partial charge in [0.2, 0.25) is 0 Å². The van der Waals surface area contributed by atoms with E-state index in [2.05, 4.69) is 19.2 Å². The van der Waals surface area contributed by atoms with Crippen LogP contribution < -0.4 is 5.32 Å². The van der Waals surface area contributed by atoms with Crippen LogP contribution in [0.5, 0.6) is 0 Å². The first-order valence-corrected chi connectivity index (χ1v) is 8.18. The molecule has 0 aliphatic heterocycles. The van der Waals surface area contributed by atoms with Crippen molar-refractivity contribution in [2.75, 3.05) is 26.3 Å². The number of rotatable bonds is 9. The van der Waals surface area contributed by atoms with E-state index in [1.54, 1.807) is 0 Å². The van der Waals surface area contributed by atoms with Crippen LogP contribution in [0.4, 0.5) is 0 Å². The van der Waals surface area contributed by atoms with Crippen LogP contribution in [-0.4, -0.2) is 38.0 Å². The van der Waals surface area contributed by atoms with Gasteiger partial charge in [-0.05, 0) is 39.7 Å². The van der Waals surface area contributed by atoms with Crippen molar-refractivity contribution in [3.8, 4) is 0 Å². The van der Waals surface area contributed by atoms with Crippen LogP contribution >= 0.6 is 0 Å². The van der Waals surface area contributed by atoms with Gasteiger partial charge >= 0.3 is 0 Å². The molecule has 1 unspecified atom stereocenters. The summed E-state index contributed by atoms with van der Waals surface area (Å²) in [6, 6.07) is 0. The van der Waals surface area contributed by atoms with E-state index in [-0.39, 0.29) is 11.7 Å². The van der Waals surface area contributed by atoms with E-state index >= 15 is 0 Å². The molecule has 1 rings (SSSR count). The Kier molecular flexibility index (Phi) is 8.67. The molecule has 114 valence electrons. The Morgan fingerprint density at radius 3 is 2.37 bits per heavy atom. The number of ether oxygens (including phenoxy) is 2. The summed E-state index contributed by atoms with van der Waals surface area (Å²) < 4.78 is 11.9. The minimum Gasteiger partial charge on any atom is -0.379 e. The molecule has 3 nitrogen and oxygen atoms in total. The zero-order valence-electron chi connectivity index (χ0n) is 13.2. The first-order valence-electron chi connectivity index (χ1n) is 8.18. The molecular formula is C16H33NO2. The van der Waals surface area contributed by atoms with E-state index in [9.17, 15) is 0 Å². The summed E-state index contributed by atoms with van der Waals surface area (Å²) in [4.78, 5) is 0. The fourth-order valence-electron chi connectivity index (χ4n) is 2.95. The summed E-state index contributed by atoms with van der Waals surface area (Å²) in [6.45, 7) is 9.97. The van der Waals surface area contributed by atoms with Crippen molar-refractivity contribution < 1.29 is 9.47 Å². The van der Waals surface area contributed by atoms with Gasteiger partial charge in [0.25, 0.3) is 0 Å². The van der Waals surface area contributed by atoms with Crippen molar-refractivity contribution >= 4 is 0 Å². The van der Waals surface area contributed by atoms with Gasteiger partial charge in [0.05, 0.1) is 18.3 Å². The third kappa shape index (κ3) is 6.73. The third-order valence-corrected chi connectivity index (χ3v) is 3.90. The summed E-state index contributed by atoms with van der Waals surface area (Å²) in [5, 5.41) is 3.57. The lowest BCUT2D eigenvalue weighted by molar-refractivity contribution is -0.117. The van der Waals surface area contributed by atoms with E-state index in [0.717, 1.165) is 19.7 Å². The highest BCUT2D eigenvalue weighted by atomic mass is 16.5. The second-order valence-corrected chi connectivity index (χ2v) is 5.86. The molecule has 1 saturated carbocycles. The average Bonchev–Trinajstić information content (AvgIpc) is 2.63. The molecule has 0 aromatic carbocycles. The van der Waals surface area contributed by atoms with Gasteiger partial charge in [-0.1, -0.05) is 32.6 Å². The van der Waals surface area contributed by atoms with E-state index in [4.69, 9.17) is 9.47 Å². The van der Waals surface area contributed by atoms with Crippen LogP contribution in [0, 0.1) is 0 Å². The Morgan fingerprint density at radius 1 is 1.11 bits per heavy atom. The molecule has 0 aromatic rings. The molecule has 1 aliphatic rings. The quantitative estimate of drug-likeness (QED) is 0.514. The minimum absolute atomic E-state index is 0.0438. The number of nitrogens with one attached hydrogen (secondary N) is 1. The highest BCUT2D eigenvalue weighted by molar-refractivity contribution is 4.86. The van der Waals surface area contributed by atoms with Crippen molar-refractivity contribution in [1.82, 2.24) is 5.32 Å². The Hall–Kier alpha value is -0.120. The maximum atomic E-state index is 6.42. The smallest absolute Gasteiger partial charge is 0.0811 e. The van der Waals surface area contributed by atoms with Gasteiger partial charge in [-0.15, -0.1) is 0 Å². The first kappa shape index (κ1) is 16.9. The zero-order chi connectivity index (χ0) is 14.0. The normalized spacial score (nSPS) is 21.0. The number of hydrogen-bond acceptors (Lipinski definition) is 3. The van der Waals surface area contributed by atoms with Crippen molar-refractivity contribution in [3.63, 3.8) is 0 Å². The largest absolute Gasteiger partial charge is 0.379 e. The summed E-state index contributed by atoms with van der Waals surface area (Å²) in [7, 11) is 0. The predicted octanol–water partition coefficient (Wildman–Crippen LogP) is 3.52. The molecule has 0 radical (unpaired) electrons. The van der Waals surface area contributed by atoms with E-state index in [1.165, 1.54) is 44.9 Å². The van der Waals surface area contributed by atoms with Crippen molar-refractivity contribution in [2.24, 2.45) is 0 Å². The fourth-order valence-corrected chi connectivity index (χ4v) is 2.95. The molecule has 19 heavy (non-hydrogen) atoms. The molecule has 1 aliphatic carbocycles. The first-order chi connectivity index (χ1) is 9.22. The Bertz CT molecular complexity index is 213. The van der Waals surface area contributed by atoms with Crippen LogP contribution in [0.25, 0.3) is 0 Å². The molecule has 1 N–H and O–H groups in total. The average molecular weight is 271 g/mol. The van der Waals surface area contributed by atoms with Crippen LogP contribution in [0.15, 0.2) is 0 Å². The fraction of sp³-hybridized carbons (Fsp3) is 1.00. The zero-order valence-corrected chi connectivity index (χ0v) is 13.2. The Morgan fingerprint density at radius 2 is 1.79 bits per heavy atom. The van der Waals surface area contributed by atoms with Crippen LogP contribution in [0.1, 0.15) is 65.7 Å². The predicted molar refractivity (Wildman–Crippen MR) is 80.6 cm³/mol. The van der Waals surface area contributed by atoms with Gasteiger partial charge < -0.3 is 14.8 Å². The van der Waals surface area contributed by atoms with Gasteiger partial charge in [-0.25, -0.2) is 0 Å². The summed E-state index contributed by atoms with van der Waals surface area (Å²) in [5.74, 6) is 0. The van der Waals surface area contributed by atoms with E-state index in [1.807, 2.05) is 6.92 Å². The van der Waals surface area contributed by atoms with Gasteiger partial charge in [-0.3, -0.25) is 0 Å². The highest BCUT2D eigenvalue weighted by Crippen LogP contribution is 2.31. The lowest BCUT2D eigenvalue weighted by Gasteiger charge is -2.36. The second-order valence-electron chi connectivity index (χ2n) is 5.86. The SMILES string of the molecule is CCCNCC1(OC(C)COCC)CCCCCC1. The summed E-state index contributed by atoms with van der Waals surface area (Å²) in [6.07, 6.45) is 9.09. The lowest BCUT2D eigenvalue weighted by Crippen LogP contribution is -2.45. The molecule has 0 saturated heterocycles. The standard InChI is InChI=1S/C16H33NO2/c1-4-12-17-14-16(10-8-6-7-9-11-16)19-15(3)13-18-5-2/h15,17H,4-14H2,1-3H3. The topological polar surface area (TPSA) is 30.5 Å². The third-order valence-electron chi connectivity index (χ3n) is 3.90. The van der Waals surface area contributed by atoms with Crippen molar-refractivity contribution in [3.05, 3.63) is 0 Å². The molecule has 0 aromatic heterocycles.